The molecule has 0 aliphatic heterocycles. The molecule has 1 N–H and O–H groups in total. The standard InChI is InChI=1S/C27H28N2O4/c1-18(16-32-14-13-19(2)30)15-23-25-24(20-9-11-22(31-3)12-10-20)26(21-7-5-4-6-8-21)33-27(25)29-17-28-23/h4-12,17-18,30H,2,13-16H2,1,3H3/t18-/m1/s1. The van der Waals surface area contributed by atoms with E-state index in [4.69, 9.17) is 13.9 Å². The molecular formula is C27H28N2O4. The highest BCUT2D eigenvalue weighted by atomic mass is 16.5. The van der Waals surface area contributed by atoms with E-state index >= 15 is 0 Å². The third-order valence-electron chi connectivity index (χ3n) is 5.46. The summed E-state index contributed by atoms with van der Waals surface area (Å²) in [6.07, 6.45) is 2.70. The number of fused-ring (bicyclic) bond motifs is 1. The van der Waals surface area contributed by atoms with Crippen LogP contribution in [0.25, 0.3) is 33.6 Å². The Morgan fingerprint density at radius 2 is 1.82 bits per heavy atom. The van der Waals surface area contributed by atoms with Crippen LogP contribution in [0.15, 0.2) is 77.7 Å². The van der Waals surface area contributed by atoms with E-state index in [1.165, 1.54) is 0 Å². The molecule has 2 aromatic heterocycles. The van der Waals surface area contributed by atoms with Gasteiger partial charge in [-0.1, -0.05) is 56.0 Å². The van der Waals surface area contributed by atoms with Crippen LogP contribution in [0.3, 0.4) is 0 Å². The Kier molecular flexibility index (Phi) is 7.05. The van der Waals surface area contributed by atoms with E-state index in [9.17, 15) is 5.11 Å². The van der Waals surface area contributed by atoms with Gasteiger partial charge in [0.2, 0.25) is 5.71 Å². The van der Waals surface area contributed by atoms with Crippen LogP contribution in [-0.2, 0) is 11.2 Å². The summed E-state index contributed by atoms with van der Waals surface area (Å²) in [6, 6.07) is 18.0. The van der Waals surface area contributed by atoms with Gasteiger partial charge in [-0.3, -0.25) is 0 Å². The molecule has 33 heavy (non-hydrogen) atoms. The number of aliphatic hydroxyl groups excluding tert-OH is 1. The van der Waals surface area contributed by atoms with Crippen LogP contribution in [0.1, 0.15) is 19.0 Å². The van der Waals surface area contributed by atoms with Crippen LogP contribution in [0.5, 0.6) is 5.75 Å². The van der Waals surface area contributed by atoms with Crippen molar-refractivity contribution < 1.29 is 19.0 Å². The molecule has 0 unspecified atom stereocenters. The van der Waals surface area contributed by atoms with E-state index in [0.717, 1.165) is 39.3 Å². The molecule has 0 saturated heterocycles. The Morgan fingerprint density at radius 1 is 1.06 bits per heavy atom. The molecule has 4 aromatic rings. The summed E-state index contributed by atoms with van der Waals surface area (Å²) in [4.78, 5) is 9.06. The van der Waals surface area contributed by atoms with Gasteiger partial charge in [-0.05, 0) is 30.0 Å². The monoisotopic (exact) mass is 444 g/mol. The fourth-order valence-corrected chi connectivity index (χ4v) is 3.84. The van der Waals surface area contributed by atoms with Crippen molar-refractivity contribution in [1.29, 1.82) is 0 Å². The molecule has 0 aliphatic carbocycles. The first-order chi connectivity index (χ1) is 16.1. The van der Waals surface area contributed by atoms with Crippen molar-refractivity contribution >= 4 is 11.1 Å². The maximum absolute atomic E-state index is 9.23. The van der Waals surface area contributed by atoms with Gasteiger partial charge in [0.1, 0.15) is 17.8 Å². The Hall–Kier alpha value is -3.64. The van der Waals surface area contributed by atoms with Crippen molar-refractivity contribution in [2.45, 2.75) is 19.8 Å². The molecule has 0 spiro atoms. The maximum Gasteiger partial charge on any atom is 0.230 e. The molecule has 1 atom stereocenters. The van der Waals surface area contributed by atoms with Crippen molar-refractivity contribution in [2.75, 3.05) is 20.3 Å². The lowest BCUT2D eigenvalue weighted by molar-refractivity contribution is 0.101. The van der Waals surface area contributed by atoms with Gasteiger partial charge in [0.15, 0.2) is 0 Å². The summed E-state index contributed by atoms with van der Waals surface area (Å²) in [5.74, 6) is 1.91. The molecule has 2 aromatic carbocycles. The third kappa shape index (κ3) is 5.23. The lowest BCUT2D eigenvalue weighted by Crippen LogP contribution is -2.11. The third-order valence-corrected chi connectivity index (χ3v) is 5.46. The maximum atomic E-state index is 9.23. The van der Waals surface area contributed by atoms with E-state index in [2.05, 4.69) is 23.5 Å². The summed E-state index contributed by atoms with van der Waals surface area (Å²) in [6.45, 7) is 6.61. The van der Waals surface area contributed by atoms with Crippen LogP contribution in [0, 0.1) is 5.92 Å². The number of rotatable bonds is 10. The molecule has 0 radical (unpaired) electrons. The van der Waals surface area contributed by atoms with Gasteiger partial charge in [-0.25, -0.2) is 9.97 Å². The fourth-order valence-electron chi connectivity index (χ4n) is 3.84. The van der Waals surface area contributed by atoms with E-state index in [1.54, 1.807) is 13.4 Å². The summed E-state index contributed by atoms with van der Waals surface area (Å²) < 4.78 is 17.3. The molecule has 2 heterocycles. The predicted molar refractivity (Wildman–Crippen MR) is 129 cm³/mol. The molecule has 0 aliphatic rings. The van der Waals surface area contributed by atoms with Crippen molar-refractivity contribution in [1.82, 2.24) is 9.97 Å². The first-order valence-electron chi connectivity index (χ1n) is 11.0. The summed E-state index contributed by atoms with van der Waals surface area (Å²) >= 11 is 0. The lowest BCUT2D eigenvalue weighted by atomic mass is 9.96. The first-order valence-corrected chi connectivity index (χ1v) is 11.0. The second-order valence-corrected chi connectivity index (χ2v) is 8.10. The topological polar surface area (TPSA) is 77.6 Å². The number of hydrogen-bond acceptors (Lipinski definition) is 6. The Balaban J connectivity index is 1.74. The van der Waals surface area contributed by atoms with Crippen LogP contribution in [0.4, 0.5) is 0 Å². The predicted octanol–water partition coefficient (Wildman–Crippen LogP) is 6.22. The van der Waals surface area contributed by atoms with Crippen LogP contribution in [0.2, 0.25) is 0 Å². The largest absolute Gasteiger partial charge is 0.513 e. The molecule has 6 nitrogen and oxygen atoms in total. The number of benzene rings is 2. The average molecular weight is 445 g/mol. The highest BCUT2D eigenvalue weighted by Gasteiger charge is 2.22. The number of hydrogen-bond donors (Lipinski definition) is 1. The highest BCUT2D eigenvalue weighted by molar-refractivity contribution is 6.01. The fraction of sp³-hybridized carbons (Fsp3) is 0.259. The Labute approximate surface area is 193 Å². The zero-order valence-corrected chi connectivity index (χ0v) is 19.0. The highest BCUT2D eigenvalue weighted by Crippen LogP contribution is 2.41. The van der Waals surface area contributed by atoms with Gasteiger partial charge in [0.05, 0.1) is 30.6 Å². The van der Waals surface area contributed by atoms with Crippen molar-refractivity contribution in [3.05, 3.63) is 79.0 Å². The smallest absolute Gasteiger partial charge is 0.230 e. The second-order valence-electron chi connectivity index (χ2n) is 8.10. The lowest BCUT2D eigenvalue weighted by Gasteiger charge is -2.13. The van der Waals surface area contributed by atoms with Crippen LogP contribution in [-0.4, -0.2) is 35.4 Å². The van der Waals surface area contributed by atoms with Crippen molar-refractivity contribution in [3.8, 4) is 28.2 Å². The van der Waals surface area contributed by atoms with Gasteiger partial charge in [-0.15, -0.1) is 0 Å². The average Bonchev–Trinajstić information content (AvgIpc) is 3.23. The molecule has 0 amide bonds. The zero-order valence-electron chi connectivity index (χ0n) is 19.0. The van der Waals surface area contributed by atoms with Crippen molar-refractivity contribution in [2.24, 2.45) is 5.92 Å². The van der Waals surface area contributed by atoms with E-state index in [1.807, 2.05) is 54.6 Å². The number of aromatic nitrogens is 2. The molecule has 4 rings (SSSR count). The summed E-state index contributed by atoms with van der Waals surface area (Å²) in [5, 5.41) is 10.1. The van der Waals surface area contributed by atoms with Crippen LogP contribution >= 0.6 is 0 Å². The molecule has 0 fully saturated rings. The van der Waals surface area contributed by atoms with Crippen molar-refractivity contribution in [3.63, 3.8) is 0 Å². The first kappa shape index (κ1) is 22.6. The van der Waals surface area contributed by atoms with Gasteiger partial charge in [0.25, 0.3) is 0 Å². The summed E-state index contributed by atoms with van der Waals surface area (Å²) in [5.41, 5.74) is 4.44. The Bertz CT molecular complexity index is 1220. The Morgan fingerprint density at radius 3 is 2.52 bits per heavy atom. The minimum atomic E-state index is 0.135. The molecule has 170 valence electrons. The van der Waals surface area contributed by atoms with E-state index in [-0.39, 0.29) is 11.7 Å². The quantitative estimate of drug-likeness (QED) is 0.231. The molecule has 0 bridgehead atoms. The van der Waals surface area contributed by atoms with Gasteiger partial charge in [0, 0.05) is 24.2 Å². The normalized spacial score (nSPS) is 12.1. The van der Waals surface area contributed by atoms with Crippen LogP contribution < -0.4 is 4.74 Å². The van der Waals surface area contributed by atoms with E-state index < -0.39 is 0 Å². The molecular weight excluding hydrogens is 416 g/mol. The minimum absolute atomic E-state index is 0.135. The van der Waals surface area contributed by atoms with Gasteiger partial charge < -0.3 is 19.0 Å². The second kappa shape index (κ2) is 10.3. The number of methoxy groups -OCH3 is 1. The molecule has 0 saturated carbocycles. The molecule has 6 heteroatoms. The number of aliphatic hydroxyl groups is 1. The minimum Gasteiger partial charge on any atom is -0.513 e. The van der Waals surface area contributed by atoms with Gasteiger partial charge in [-0.2, -0.15) is 0 Å². The zero-order chi connectivity index (χ0) is 23.2. The summed E-state index contributed by atoms with van der Waals surface area (Å²) in [7, 11) is 1.66. The van der Waals surface area contributed by atoms with E-state index in [0.29, 0.717) is 31.8 Å². The number of nitrogens with zero attached hydrogens (tertiary/aromatic N) is 2. The number of furan rings is 1. The number of ether oxygens (including phenoxy) is 2. The SMILES string of the molecule is C=C(O)CCOC[C@H](C)Cc1ncnc2oc(-c3ccccc3)c(-c3ccc(OC)cc3)c12. The van der Waals surface area contributed by atoms with Gasteiger partial charge >= 0.3 is 0 Å².